The summed E-state index contributed by atoms with van der Waals surface area (Å²) in [6.07, 6.45) is 3.91. The van der Waals surface area contributed by atoms with Crippen molar-refractivity contribution in [2.75, 3.05) is 11.9 Å². The van der Waals surface area contributed by atoms with Gasteiger partial charge < -0.3 is 19.7 Å². The number of benzene rings is 1. The highest BCUT2D eigenvalue weighted by Crippen LogP contribution is 2.46. The van der Waals surface area contributed by atoms with E-state index in [-0.39, 0.29) is 23.7 Å². The van der Waals surface area contributed by atoms with Gasteiger partial charge in [0.05, 0.1) is 24.0 Å². The van der Waals surface area contributed by atoms with Crippen molar-refractivity contribution in [1.82, 2.24) is 4.90 Å². The van der Waals surface area contributed by atoms with Crippen molar-refractivity contribution in [2.45, 2.75) is 31.3 Å². The molecule has 2 aliphatic rings. The molecule has 2 aromatic rings. The van der Waals surface area contributed by atoms with Gasteiger partial charge in [0.25, 0.3) is 0 Å². The van der Waals surface area contributed by atoms with E-state index in [1.54, 1.807) is 12.3 Å². The molecular weight excluding hydrogens is 280 g/mol. The molecule has 0 unspecified atom stereocenters. The van der Waals surface area contributed by atoms with Gasteiger partial charge >= 0.3 is 0 Å². The number of nitrogens with one attached hydrogen (secondary N) is 1. The Morgan fingerprint density at radius 2 is 2.18 bits per heavy atom. The smallest absolute Gasteiger partial charge is 0.223 e. The van der Waals surface area contributed by atoms with Gasteiger partial charge in [0.1, 0.15) is 11.5 Å². The van der Waals surface area contributed by atoms with Gasteiger partial charge in [0.15, 0.2) is 0 Å². The van der Waals surface area contributed by atoms with E-state index < -0.39 is 0 Å². The summed E-state index contributed by atoms with van der Waals surface area (Å²) in [4.78, 5) is 14.1. The maximum absolute atomic E-state index is 12.2. The number of furan rings is 1. The maximum Gasteiger partial charge on any atom is 0.223 e. The van der Waals surface area contributed by atoms with Crippen LogP contribution in [0, 0.1) is 0 Å². The first-order chi connectivity index (χ1) is 10.7. The molecule has 0 spiro atoms. The summed E-state index contributed by atoms with van der Waals surface area (Å²) in [7, 11) is 0. The van der Waals surface area contributed by atoms with Gasteiger partial charge in [-0.15, -0.1) is 0 Å². The Kier molecular flexibility index (Phi) is 3.06. The Morgan fingerprint density at radius 3 is 2.91 bits per heavy atom. The predicted molar refractivity (Wildman–Crippen MR) is 81.5 cm³/mol. The number of hydrogen-bond acceptors (Lipinski definition) is 4. The zero-order valence-corrected chi connectivity index (χ0v) is 12.2. The Labute approximate surface area is 128 Å². The SMILES string of the molecule is O=C1CCCN1[C@H]1C[C@@H](c2ccco2)Nc2c(O)cccc21. The van der Waals surface area contributed by atoms with Crippen molar-refractivity contribution >= 4 is 11.6 Å². The number of para-hydroxylation sites is 1. The van der Waals surface area contributed by atoms with Crippen molar-refractivity contribution in [3.05, 3.63) is 47.9 Å². The van der Waals surface area contributed by atoms with E-state index in [9.17, 15) is 9.90 Å². The highest BCUT2D eigenvalue weighted by Gasteiger charge is 2.37. The van der Waals surface area contributed by atoms with E-state index in [1.807, 2.05) is 29.2 Å². The fourth-order valence-corrected chi connectivity index (χ4v) is 3.55. The van der Waals surface area contributed by atoms with Crippen LogP contribution in [0.25, 0.3) is 0 Å². The number of nitrogens with zero attached hydrogens (tertiary/aromatic N) is 1. The quantitative estimate of drug-likeness (QED) is 0.836. The van der Waals surface area contributed by atoms with Gasteiger partial charge in [-0.05, 0) is 31.0 Å². The molecule has 22 heavy (non-hydrogen) atoms. The Bertz CT molecular complexity index is 696. The number of likely N-dealkylation sites (tertiary alicyclic amines) is 1. The molecule has 1 aromatic heterocycles. The van der Waals surface area contributed by atoms with Crippen molar-refractivity contribution in [1.29, 1.82) is 0 Å². The van der Waals surface area contributed by atoms with E-state index in [2.05, 4.69) is 5.32 Å². The average Bonchev–Trinajstić information content (AvgIpc) is 3.18. The van der Waals surface area contributed by atoms with Crippen LogP contribution in [-0.4, -0.2) is 22.5 Å². The molecule has 1 aromatic carbocycles. The van der Waals surface area contributed by atoms with Crippen LogP contribution in [0.2, 0.25) is 0 Å². The summed E-state index contributed by atoms with van der Waals surface area (Å²) >= 11 is 0. The van der Waals surface area contributed by atoms with Crippen LogP contribution in [0.1, 0.15) is 42.7 Å². The number of rotatable bonds is 2. The second kappa shape index (κ2) is 5.09. The number of anilines is 1. The highest BCUT2D eigenvalue weighted by molar-refractivity contribution is 5.79. The lowest BCUT2D eigenvalue weighted by molar-refractivity contribution is -0.130. The molecule has 5 heteroatoms. The van der Waals surface area contributed by atoms with E-state index in [4.69, 9.17) is 4.42 Å². The second-order valence-corrected chi connectivity index (χ2v) is 5.90. The normalized spacial score (nSPS) is 24.2. The van der Waals surface area contributed by atoms with Crippen LogP contribution < -0.4 is 5.32 Å². The molecule has 0 aliphatic carbocycles. The van der Waals surface area contributed by atoms with Crippen molar-refractivity contribution < 1.29 is 14.3 Å². The molecule has 4 rings (SSSR count). The fourth-order valence-electron chi connectivity index (χ4n) is 3.55. The maximum atomic E-state index is 12.2. The van der Waals surface area contributed by atoms with Gasteiger partial charge in [-0.2, -0.15) is 0 Å². The van der Waals surface area contributed by atoms with Gasteiger partial charge in [-0.25, -0.2) is 0 Å². The first-order valence-corrected chi connectivity index (χ1v) is 7.65. The zero-order valence-electron chi connectivity index (χ0n) is 12.2. The largest absolute Gasteiger partial charge is 0.506 e. The molecule has 0 radical (unpaired) electrons. The summed E-state index contributed by atoms with van der Waals surface area (Å²) in [6.45, 7) is 0.781. The molecule has 1 saturated heterocycles. The Balaban J connectivity index is 1.76. The number of phenols is 1. The van der Waals surface area contributed by atoms with Gasteiger partial charge in [0.2, 0.25) is 5.91 Å². The molecule has 1 amide bonds. The number of fused-ring (bicyclic) bond motifs is 1. The number of phenolic OH excluding ortho intramolecular Hbond substituents is 1. The lowest BCUT2D eigenvalue weighted by Gasteiger charge is -2.37. The molecule has 114 valence electrons. The van der Waals surface area contributed by atoms with Crippen LogP contribution in [0.5, 0.6) is 5.75 Å². The highest BCUT2D eigenvalue weighted by atomic mass is 16.3. The molecule has 2 atom stereocenters. The molecule has 0 bridgehead atoms. The molecule has 0 saturated carbocycles. The second-order valence-electron chi connectivity index (χ2n) is 5.90. The number of aromatic hydroxyl groups is 1. The third-order valence-electron chi connectivity index (χ3n) is 4.58. The van der Waals surface area contributed by atoms with Crippen LogP contribution in [0.15, 0.2) is 41.0 Å². The summed E-state index contributed by atoms with van der Waals surface area (Å²) in [5.74, 6) is 1.23. The van der Waals surface area contributed by atoms with E-state index in [0.29, 0.717) is 12.1 Å². The third kappa shape index (κ3) is 2.04. The summed E-state index contributed by atoms with van der Waals surface area (Å²) in [5, 5.41) is 13.6. The number of carbonyl (C=O) groups excluding carboxylic acids is 1. The van der Waals surface area contributed by atoms with Crippen LogP contribution in [0.4, 0.5) is 5.69 Å². The van der Waals surface area contributed by atoms with E-state index >= 15 is 0 Å². The number of hydrogen-bond donors (Lipinski definition) is 2. The standard InChI is InChI=1S/C17H18N2O3/c20-14-5-1-4-11-13(19-8-2-7-16(19)21)10-12(18-17(11)14)15-6-3-9-22-15/h1,3-6,9,12-13,18,20H,2,7-8,10H2/t12-,13-/m0/s1. The average molecular weight is 298 g/mol. The topological polar surface area (TPSA) is 65.7 Å². The van der Waals surface area contributed by atoms with Crippen LogP contribution in [0.3, 0.4) is 0 Å². The molecular formula is C17H18N2O3. The summed E-state index contributed by atoms with van der Waals surface area (Å²) < 4.78 is 5.52. The Hall–Kier alpha value is -2.43. The lowest BCUT2D eigenvalue weighted by atomic mass is 9.90. The monoisotopic (exact) mass is 298 g/mol. The van der Waals surface area contributed by atoms with Crippen molar-refractivity contribution in [3.63, 3.8) is 0 Å². The molecule has 2 N–H and O–H groups in total. The predicted octanol–water partition coefficient (Wildman–Crippen LogP) is 3.21. The lowest BCUT2D eigenvalue weighted by Crippen LogP contribution is -2.35. The number of carbonyl (C=O) groups is 1. The first-order valence-electron chi connectivity index (χ1n) is 7.65. The molecule has 5 nitrogen and oxygen atoms in total. The first kappa shape index (κ1) is 13.2. The minimum absolute atomic E-state index is 0.0200. The van der Waals surface area contributed by atoms with Crippen LogP contribution >= 0.6 is 0 Å². The van der Waals surface area contributed by atoms with Crippen molar-refractivity contribution in [3.8, 4) is 5.75 Å². The number of amides is 1. The summed E-state index contributed by atoms with van der Waals surface area (Å²) in [6, 6.07) is 9.19. The Morgan fingerprint density at radius 1 is 1.27 bits per heavy atom. The molecule has 3 heterocycles. The zero-order chi connectivity index (χ0) is 15.1. The van der Waals surface area contributed by atoms with Crippen molar-refractivity contribution in [2.24, 2.45) is 0 Å². The molecule has 2 aliphatic heterocycles. The third-order valence-corrected chi connectivity index (χ3v) is 4.58. The van der Waals surface area contributed by atoms with Gasteiger partial charge in [-0.1, -0.05) is 12.1 Å². The van der Waals surface area contributed by atoms with E-state index in [1.165, 1.54) is 0 Å². The van der Waals surface area contributed by atoms with Crippen LogP contribution in [-0.2, 0) is 4.79 Å². The van der Waals surface area contributed by atoms with Gasteiger partial charge in [-0.3, -0.25) is 4.79 Å². The fraction of sp³-hybridized carbons (Fsp3) is 0.353. The molecule has 1 fully saturated rings. The minimum atomic E-state index is -0.0470. The summed E-state index contributed by atoms with van der Waals surface area (Å²) in [5.41, 5.74) is 1.69. The van der Waals surface area contributed by atoms with Gasteiger partial charge in [0, 0.05) is 18.5 Å². The minimum Gasteiger partial charge on any atom is -0.506 e. The van der Waals surface area contributed by atoms with E-state index in [0.717, 1.165) is 30.7 Å².